The number of ether oxygens (including phenoxy) is 1. The van der Waals surface area contributed by atoms with Crippen LogP contribution in [0.4, 0.5) is 0 Å². The molecule has 12 heavy (non-hydrogen) atoms. The molecule has 0 aliphatic carbocycles. The van der Waals surface area contributed by atoms with Crippen molar-refractivity contribution in [1.29, 1.82) is 0 Å². The van der Waals surface area contributed by atoms with E-state index in [1.54, 1.807) is 0 Å². The molecule has 0 atom stereocenters. The molecular formula is C7H13NO2Se2. The zero-order chi connectivity index (χ0) is 9.56. The molecule has 0 saturated carbocycles. The third-order valence-corrected chi connectivity index (χ3v) is 5.12. The van der Waals surface area contributed by atoms with Crippen LogP contribution in [0.2, 0.25) is 5.32 Å². The van der Waals surface area contributed by atoms with Gasteiger partial charge < -0.3 is 0 Å². The van der Waals surface area contributed by atoms with Crippen LogP contribution in [-0.4, -0.2) is 65.5 Å². The van der Waals surface area contributed by atoms with Crippen molar-refractivity contribution in [3.63, 3.8) is 0 Å². The fraction of sp³-hybridized carbons (Fsp3) is 0.714. The van der Waals surface area contributed by atoms with E-state index in [0.717, 1.165) is 3.44 Å². The van der Waals surface area contributed by atoms with Gasteiger partial charge in [-0.2, -0.15) is 0 Å². The zero-order valence-electron chi connectivity index (χ0n) is 7.49. The molecule has 0 bridgehead atoms. The van der Waals surface area contributed by atoms with Crippen LogP contribution in [0.5, 0.6) is 0 Å². The number of carbonyl (C=O) groups excluding carboxylic acids is 1. The van der Waals surface area contributed by atoms with E-state index in [1.165, 1.54) is 0 Å². The molecule has 0 aliphatic heterocycles. The topological polar surface area (TPSA) is 29.5 Å². The summed E-state index contributed by atoms with van der Waals surface area (Å²) < 4.78 is 5.94. The molecule has 0 saturated heterocycles. The van der Waals surface area contributed by atoms with Crippen molar-refractivity contribution >= 4 is 39.9 Å². The van der Waals surface area contributed by atoms with E-state index in [4.69, 9.17) is 4.74 Å². The first-order valence-corrected chi connectivity index (χ1v) is 6.50. The molecule has 0 unspecified atom stereocenters. The Morgan fingerprint density at radius 1 is 1.58 bits per heavy atom. The second-order valence-corrected chi connectivity index (χ2v) is 6.40. The van der Waals surface area contributed by atoms with Gasteiger partial charge in [-0.05, 0) is 0 Å². The Morgan fingerprint density at radius 3 is 2.58 bits per heavy atom. The standard InChI is InChI=1S/C7H13NO2Se2/c1-4-10-6(9)5-12-7(11)8(2)3/h4-5H2,1-3H3. The maximum absolute atomic E-state index is 10.9. The first-order chi connectivity index (χ1) is 5.57. The van der Waals surface area contributed by atoms with E-state index in [0.29, 0.717) is 11.9 Å². The predicted octanol–water partition coefficient (Wildman–Crippen LogP) is -0.511. The molecule has 0 spiro atoms. The fourth-order valence-corrected chi connectivity index (χ4v) is 2.32. The van der Waals surface area contributed by atoms with Crippen LogP contribution in [0.25, 0.3) is 0 Å². The van der Waals surface area contributed by atoms with E-state index in [2.05, 4.69) is 15.6 Å². The molecule has 0 radical (unpaired) electrons. The number of hydrogen-bond acceptors (Lipinski definition) is 3. The van der Waals surface area contributed by atoms with Crippen molar-refractivity contribution in [2.75, 3.05) is 20.7 Å². The Hall–Kier alpha value is 0.179. The van der Waals surface area contributed by atoms with Gasteiger partial charge in [0, 0.05) is 0 Å². The summed E-state index contributed by atoms with van der Waals surface area (Å²) in [7, 11) is 3.91. The molecule has 0 amide bonds. The molecule has 0 heterocycles. The van der Waals surface area contributed by atoms with Crippen LogP contribution in [0.15, 0.2) is 0 Å². The molecule has 0 aromatic rings. The van der Waals surface area contributed by atoms with E-state index < -0.39 is 0 Å². The molecule has 3 nitrogen and oxygen atoms in total. The average Bonchev–Trinajstić information content (AvgIpc) is 2.00. The quantitative estimate of drug-likeness (QED) is 0.506. The minimum atomic E-state index is -0.105. The van der Waals surface area contributed by atoms with E-state index in [9.17, 15) is 4.79 Å². The molecule has 0 aliphatic rings. The second-order valence-electron chi connectivity index (χ2n) is 2.25. The maximum atomic E-state index is 10.9. The van der Waals surface area contributed by atoms with E-state index in [-0.39, 0.29) is 20.9 Å². The van der Waals surface area contributed by atoms with Crippen molar-refractivity contribution in [2.24, 2.45) is 0 Å². The predicted molar refractivity (Wildman–Crippen MR) is 51.6 cm³/mol. The third-order valence-electron chi connectivity index (χ3n) is 0.984. The van der Waals surface area contributed by atoms with Crippen molar-refractivity contribution < 1.29 is 9.53 Å². The van der Waals surface area contributed by atoms with Gasteiger partial charge in [-0.1, -0.05) is 0 Å². The van der Waals surface area contributed by atoms with Gasteiger partial charge in [0.2, 0.25) is 0 Å². The summed E-state index contributed by atoms with van der Waals surface area (Å²) in [6.07, 6.45) is 0. The van der Waals surface area contributed by atoms with Gasteiger partial charge >= 0.3 is 87.3 Å². The Labute approximate surface area is 87.3 Å². The SMILES string of the molecule is CCOC(=O)C[Se]C(=[Se])N(C)C. The van der Waals surface area contributed by atoms with Gasteiger partial charge in [0.25, 0.3) is 0 Å². The molecule has 0 N–H and O–H groups in total. The van der Waals surface area contributed by atoms with Gasteiger partial charge in [0.15, 0.2) is 0 Å². The van der Waals surface area contributed by atoms with Gasteiger partial charge in [0.1, 0.15) is 0 Å². The molecule has 0 aromatic heterocycles. The van der Waals surface area contributed by atoms with Crippen molar-refractivity contribution in [2.45, 2.75) is 12.2 Å². The molecule has 0 rings (SSSR count). The Kier molecular flexibility index (Phi) is 6.77. The van der Waals surface area contributed by atoms with Crippen molar-refractivity contribution in [3.8, 4) is 0 Å². The van der Waals surface area contributed by atoms with Crippen molar-refractivity contribution in [1.82, 2.24) is 4.90 Å². The van der Waals surface area contributed by atoms with Gasteiger partial charge in [-0.3, -0.25) is 0 Å². The number of carbonyl (C=O) groups is 1. The van der Waals surface area contributed by atoms with Gasteiger partial charge in [-0.25, -0.2) is 0 Å². The van der Waals surface area contributed by atoms with Crippen LogP contribution >= 0.6 is 0 Å². The Balaban J connectivity index is 3.54. The average molecular weight is 301 g/mol. The Morgan fingerprint density at radius 2 is 2.17 bits per heavy atom. The van der Waals surface area contributed by atoms with Crippen LogP contribution in [0, 0.1) is 0 Å². The molecular weight excluding hydrogens is 288 g/mol. The first kappa shape index (κ1) is 12.2. The number of hydrogen-bond donors (Lipinski definition) is 0. The zero-order valence-corrected chi connectivity index (χ0v) is 10.9. The first-order valence-electron chi connectivity index (χ1n) is 3.57. The minimum absolute atomic E-state index is 0.105. The summed E-state index contributed by atoms with van der Waals surface area (Å²) >= 11 is 3.13. The number of esters is 1. The van der Waals surface area contributed by atoms with E-state index in [1.807, 2.05) is 25.9 Å². The van der Waals surface area contributed by atoms with Crippen molar-refractivity contribution in [3.05, 3.63) is 0 Å². The van der Waals surface area contributed by atoms with E-state index >= 15 is 0 Å². The molecule has 0 aromatic carbocycles. The molecule has 0 fully saturated rings. The summed E-state index contributed by atoms with van der Waals surface area (Å²) in [5.74, 6) is -0.105. The summed E-state index contributed by atoms with van der Waals surface area (Å²) in [4.78, 5) is 12.9. The fourth-order valence-electron chi connectivity index (χ4n) is 0.452. The van der Waals surface area contributed by atoms with Gasteiger partial charge in [0.05, 0.1) is 0 Å². The number of nitrogens with zero attached hydrogens (tertiary/aromatic N) is 1. The second kappa shape index (κ2) is 6.67. The van der Waals surface area contributed by atoms with Crippen LogP contribution in [-0.2, 0) is 9.53 Å². The van der Waals surface area contributed by atoms with Gasteiger partial charge in [-0.15, -0.1) is 0 Å². The molecule has 5 heteroatoms. The Bertz CT molecular complexity index is 171. The summed E-state index contributed by atoms with van der Waals surface area (Å²) in [5.41, 5.74) is 0. The van der Waals surface area contributed by atoms with Crippen LogP contribution in [0.3, 0.4) is 0 Å². The summed E-state index contributed by atoms with van der Waals surface area (Å²) in [6.45, 7) is 2.29. The number of rotatable bonds is 5. The normalized spacial score (nSPS) is 9.25. The monoisotopic (exact) mass is 303 g/mol. The van der Waals surface area contributed by atoms with Crippen LogP contribution in [0.1, 0.15) is 6.92 Å². The summed E-state index contributed by atoms with van der Waals surface area (Å²) in [5, 5.41) is 0.515. The van der Waals surface area contributed by atoms with Crippen LogP contribution < -0.4 is 0 Å². The molecule has 70 valence electrons. The third kappa shape index (κ3) is 5.78. The summed E-state index contributed by atoms with van der Waals surface area (Å²) in [6, 6.07) is 0.